The van der Waals surface area contributed by atoms with Gasteiger partial charge in [0.15, 0.2) is 0 Å². The summed E-state index contributed by atoms with van der Waals surface area (Å²) in [5, 5.41) is 0. The fourth-order valence-corrected chi connectivity index (χ4v) is 2.39. The predicted octanol–water partition coefficient (Wildman–Crippen LogP) is 2.08. The van der Waals surface area contributed by atoms with Crippen LogP contribution in [-0.2, 0) is 15.8 Å². The molecule has 108 valence electrons. The van der Waals surface area contributed by atoms with E-state index in [1.54, 1.807) is 0 Å². The topological polar surface area (TPSA) is 63.4 Å². The number of carbonyl (C=O) groups is 2. The van der Waals surface area contributed by atoms with Crippen molar-refractivity contribution in [2.45, 2.75) is 31.5 Å². The van der Waals surface area contributed by atoms with Gasteiger partial charge in [-0.2, -0.15) is 13.2 Å². The molecule has 2 N–H and O–H groups in total. The summed E-state index contributed by atoms with van der Waals surface area (Å²) in [5.74, 6) is -1.36. The van der Waals surface area contributed by atoms with Crippen molar-refractivity contribution < 1.29 is 22.8 Å². The molecule has 4 nitrogen and oxygen atoms in total. The maximum Gasteiger partial charge on any atom is 0.418 e. The Morgan fingerprint density at radius 1 is 1.35 bits per heavy atom. The molecule has 1 aliphatic heterocycles. The van der Waals surface area contributed by atoms with E-state index in [9.17, 15) is 22.8 Å². The molecule has 1 aromatic carbocycles. The van der Waals surface area contributed by atoms with E-state index in [0.717, 1.165) is 11.0 Å². The molecule has 2 amide bonds. The molecule has 1 fully saturated rings. The van der Waals surface area contributed by atoms with Gasteiger partial charge < -0.3 is 5.73 Å². The third-order valence-corrected chi connectivity index (χ3v) is 3.55. The number of nitrogens with two attached hydrogens (primary N) is 1. The van der Waals surface area contributed by atoms with Gasteiger partial charge in [-0.3, -0.25) is 14.5 Å². The highest BCUT2D eigenvalue weighted by Crippen LogP contribution is 2.42. The van der Waals surface area contributed by atoms with Crippen LogP contribution in [0.25, 0.3) is 0 Å². The minimum Gasteiger partial charge on any atom is -0.368 e. The summed E-state index contributed by atoms with van der Waals surface area (Å²) >= 11 is 0. The Balaban J connectivity index is 2.61. The SMILES string of the molecule is CC1(C(N)=O)CCC(=O)N1c1ccccc1C(F)(F)F. The monoisotopic (exact) mass is 286 g/mol. The standard InChI is InChI=1S/C13H13F3N2O2/c1-12(11(17)20)7-6-10(19)18(12)9-5-3-2-4-8(9)13(14,15)16/h2-5H,6-7H2,1H3,(H2,17,20). The maximum absolute atomic E-state index is 13.0. The van der Waals surface area contributed by atoms with Gasteiger partial charge in [0.25, 0.3) is 0 Å². The summed E-state index contributed by atoms with van der Waals surface area (Å²) < 4.78 is 39.1. The van der Waals surface area contributed by atoms with Gasteiger partial charge in [0.1, 0.15) is 5.54 Å². The Bertz CT molecular complexity index is 571. The van der Waals surface area contributed by atoms with Crippen LogP contribution in [0.1, 0.15) is 25.3 Å². The first-order chi connectivity index (χ1) is 9.18. The zero-order valence-corrected chi connectivity index (χ0v) is 10.7. The lowest BCUT2D eigenvalue weighted by Crippen LogP contribution is -2.53. The van der Waals surface area contributed by atoms with Crippen molar-refractivity contribution in [2.24, 2.45) is 5.73 Å². The van der Waals surface area contributed by atoms with Gasteiger partial charge in [0.2, 0.25) is 11.8 Å². The molecule has 7 heteroatoms. The average molecular weight is 286 g/mol. The fourth-order valence-electron chi connectivity index (χ4n) is 2.39. The zero-order valence-electron chi connectivity index (χ0n) is 10.7. The maximum atomic E-state index is 13.0. The van der Waals surface area contributed by atoms with Crippen LogP contribution >= 0.6 is 0 Å². The molecular weight excluding hydrogens is 273 g/mol. The number of alkyl halides is 3. The predicted molar refractivity (Wildman–Crippen MR) is 65.8 cm³/mol. The van der Waals surface area contributed by atoms with Crippen LogP contribution in [0.15, 0.2) is 24.3 Å². The van der Waals surface area contributed by atoms with Gasteiger partial charge in [-0.1, -0.05) is 12.1 Å². The van der Waals surface area contributed by atoms with Crippen LogP contribution in [0.2, 0.25) is 0 Å². The molecule has 1 aromatic rings. The molecule has 1 atom stereocenters. The Hall–Kier alpha value is -2.05. The molecule has 1 unspecified atom stereocenters. The first-order valence-corrected chi connectivity index (χ1v) is 5.97. The Labute approximate surface area is 113 Å². The lowest BCUT2D eigenvalue weighted by molar-refractivity contribution is -0.137. The highest BCUT2D eigenvalue weighted by molar-refractivity contribution is 6.06. The van der Waals surface area contributed by atoms with Gasteiger partial charge in [-0.25, -0.2) is 0 Å². The number of para-hydroxylation sites is 1. The first kappa shape index (κ1) is 14.4. The molecule has 0 aromatic heterocycles. The molecular formula is C13H13F3N2O2. The highest BCUT2D eigenvalue weighted by Gasteiger charge is 2.49. The number of hydrogen-bond acceptors (Lipinski definition) is 2. The summed E-state index contributed by atoms with van der Waals surface area (Å²) in [6.45, 7) is 1.38. The van der Waals surface area contributed by atoms with Gasteiger partial charge in [-0.05, 0) is 25.5 Å². The number of anilines is 1. The van der Waals surface area contributed by atoms with Crippen LogP contribution in [0, 0.1) is 0 Å². The van der Waals surface area contributed by atoms with E-state index in [2.05, 4.69) is 0 Å². The van der Waals surface area contributed by atoms with Crippen LogP contribution in [0.4, 0.5) is 18.9 Å². The number of amides is 2. The lowest BCUT2D eigenvalue weighted by atomic mass is 9.97. The molecule has 2 rings (SSSR count). The molecule has 0 saturated carbocycles. The summed E-state index contributed by atoms with van der Waals surface area (Å²) in [4.78, 5) is 24.4. The highest BCUT2D eigenvalue weighted by atomic mass is 19.4. The molecule has 1 saturated heterocycles. The van der Waals surface area contributed by atoms with Crippen molar-refractivity contribution in [3.63, 3.8) is 0 Å². The van der Waals surface area contributed by atoms with Crippen LogP contribution in [0.5, 0.6) is 0 Å². The van der Waals surface area contributed by atoms with Gasteiger partial charge in [0, 0.05) is 6.42 Å². The molecule has 20 heavy (non-hydrogen) atoms. The molecule has 0 bridgehead atoms. The van der Waals surface area contributed by atoms with Crippen molar-refractivity contribution in [3.8, 4) is 0 Å². The summed E-state index contributed by atoms with van der Waals surface area (Å²) in [7, 11) is 0. The number of nitrogens with zero attached hydrogens (tertiary/aromatic N) is 1. The van der Waals surface area contributed by atoms with Crippen LogP contribution in [0.3, 0.4) is 0 Å². The second kappa shape index (κ2) is 4.50. The summed E-state index contributed by atoms with van der Waals surface area (Å²) in [5.41, 5.74) is 2.55. The minimum absolute atomic E-state index is 0.00830. The van der Waals surface area contributed by atoms with Crippen molar-refractivity contribution in [2.75, 3.05) is 4.90 Å². The molecule has 0 spiro atoms. The van der Waals surface area contributed by atoms with E-state index in [-0.39, 0.29) is 18.5 Å². The number of benzene rings is 1. The number of carbonyl (C=O) groups excluding carboxylic acids is 2. The minimum atomic E-state index is -4.61. The normalized spacial score (nSPS) is 23.2. The second-order valence-corrected chi connectivity index (χ2v) is 4.88. The molecule has 1 heterocycles. The smallest absolute Gasteiger partial charge is 0.368 e. The average Bonchev–Trinajstić information content (AvgIpc) is 2.65. The van der Waals surface area contributed by atoms with Gasteiger partial charge in [0.05, 0.1) is 11.3 Å². The van der Waals surface area contributed by atoms with Crippen molar-refractivity contribution in [1.29, 1.82) is 0 Å². The van der Waals surface area contributed by atoms with Crippen LogP contribution in [-0.4, -0.2) is 17.4 Å². The summed E-state index contributed by atoms with van der Waals surface area (Å²) in [6, 6.07) is 4.67. The Morgan fingerprint density at radius 3 is 2.50 bits per heavy atom. The third-order valence-electron chi connectivity index (χ3n) is 3.55. The molecule has 0 radical (unpaired) electrons. The largest absolute Gasteiger partial charge is 0.418 e. The number of rotatable bonds is 2. The first-order valence-electron chi connectivity index (χ1n) is 5.97. The van der Waals surface area contributed by atoms with Crippen molar-refractivity contribution >= 4 is 17.5 Å². The third kappa shape index (κ3) is 2.13. The van der Waals surface area contributed by atoms with Crippen molar-refractivity contribution in [1.82, 2.24) is 0 Å². The Kier molecular flexibility index (Phi) is 3.23. The second-order valence-electron chi connectivity index (χ2n) is 4.88. The quantitative estimate of drug-likeness (QED) is 0.904. The van der Waals surface area contributed by atoms with Crippen LogP contribution < -0.4 is 10.6 Å². The zero-order chi connectivity index (χ0) is 15.1. The van der Waals surface area contributed by atoms with Gasteiger partial charge in [-0.15, -0.1) is 0 Å². The van der Waals surface area contributed by atoms with Gasteiger partial charge >= 0.3 is 6.18 Å². The van der Waals surface area contributed by atoms with E-state index >= 15 is 0 Å². The fraction of sp³-hybridized carbons (Fsp3) is 0.385. The van der Waals surface area contributed by atoms with E-state index in [4.69, 9.17) is 5.73 Å². The van der Waals surface area contributed by atoms with E-state index in [1.165, 1.54) is 25.1 Å². The Morgan fingerprint density at radius 2 is 1.95 bits per heavy atom. The number of halogens is 3. The number of hydrogen-bond donors (Lipinski definition) is 1. The van der Waals surface area contributed by atoms with Crippen molar-refractivity contribution in [3.05, 3.63) is 29.8 Å². The molecule has 1 aliphatic rings. The number of primary amides is 1. The summed E-state index contributed by atoms with van der Waals surface area (Å²) in [6.07, 6.45) is -4.52. The van der Waals surface area contributed by atoms with E-state index in [1.807, 2.05) is 0 Å². The van der Waals surface area contributed by atoms with E-state index in [0.29, 0.717) is 0 Å². The van der Waals surface area contributed by atoms with E-state index < -0.39 is 29.1 Å². The molecule has 0 aliphatic carbocycles. The lowest BCUT2D eigenvalue weighted by Gasteiger charge is -2.33.